The summed E-state index contributed by atoms with van der Waals surface area (Å²) >= 11 is 0. The van der Waals surface area contributed by atoms with Crippen LogP contribution < -0.4 is 4.90 Å². The van der Waals surface area contributed by atoms with E-state index in [4.69, 9.17) is 14.3 Å². The fourth-order valence-corrected chi connectivity index (χ4v) is 1.70. The molecular weight excluding hydrogens is 224 g/mol. The molecule has 6 nitrogen and oxygen atoms in total. The van der Waals surface area contributed by atoms with Gasteiger partial charge in [0, 0.05) is 19.0 Å². The van der Waals surface area contributed by atoms with Crippen LogP contribution in [-0.2, 0) is 4.74 Å². The number of morpholine rings is 1. The number of aromatic nitrogens is 1. The first-order valence-electron chi connectivity index (χ1n) is 5.66. The highest BCUT2D eigenvalue weighted by molar-refractivity contribution is 5.90. The molecule has 0 amide bonds. The molecule has 2 heterocycles. The molecule has 6 heteroatoms. The summed E-state index contributed by atoms with van der Waals surface area (Å²) in [5, 5.41) is 9.11. The summed E-state index contributed by atoms with van der Waals surface area (Å²) in [7, 11) is 0. The average molecular weight is 240 g/mol. The van der Waals surface area contributed by atoms with Crippen LogP contribution in [0.1, 0.15) is 36.1 Å². The second kappa shape index (κ2) is 4.75. The molecule has 1 saturated heterocycles. The molecular formula is C11H16N2O4. The Balaban J connectivity index is 2.32. The third kappa shape index (κ3) is 2.41. The van der Waals surface area contributed by atoms with Crippen LogP contribution in [0.25, 0.3) is 0 Å². The molecule has 0 unspecified atom stereocenters. The number of carboxylic acids is 1. The van der Waals surface area contributed by atoms with E-state index in [-0.39, 0.29) is 11.6 Å². The van der Waals surface area contributed by atoms with Gasteiger partial charge in [0.1, 0.15) is 0 Å². The maximum absolute atomic E-state index is 11.1. The molecule has 1 aliphatic rings. The number of anilines is 1. The number of ether oxygens (including phenoxy) is 1. The Morgan fingerprint density at radius 1 is 1.41 bits per heavy atom. The van der Waals surface area contributed by atoms with Gasteiger partial charge in [-0.3, -0.25) is 0 Å². The van der Waals surface area contributed by atoms with Crippen molar-refractivity contribution in [3.63, 3.8) is 0 Å². The van der Waals surface area contributed by atoms with Crippen molar-refractivity contribution in [3.05, 3.63) is 11.6 Å². The summed E-state index contributed by atoms with van der Waals surface area (Å²) in [5.74, 6) is -0.168. The second-order valence-electron chi connectivity index (χ2n) is 4.27. The van der Waals surface area contributed by atoms with Gasteiger partial charge in [-0.2, -0.15) is 0 Å². The van der Waals surface area contributed by atoms with Gasteiger partial charge in [0.2, 0.25) is 11.6 Å². The van der Waals surface area contributed by atoms with Crippen LogP contribution in [0.3, 0.4) is 0 Å². The third-order valence-electron chi connectivity index (χ3n) is 2.62. The molecule has 0 saturated carbocycles. The molecule has 0 aromatic carbocycles. The van der Waals surface area contributed by atoms with E-state index in [9.17, 15) is 4.79 Å². The lowest BCUT2D eigenvalue weighted by molar-refractivity contribution is 0.0689. The number of hydrogen-bond acceptors (Lipinski definition) is 5. The molecule has 94 valence electrons. The highest BCUT2D eigenvalue weighted by Crippen LogP contribution is 2.26. The lowest BCUT2D eigenvalue weighted by Gasteiger charge is -2.26. The minimum atomic E-state index is -1.05. The number of rotatable bonds is 3. The molecule has 1 aromatic heterocycles. The van der Waals surface area contributed by atoms with Gasteiger partial charge in [-0.15, -0.1) is 0 Å². The van der Waals surface area contributed by atoms with Crippen LogP contribution in [0.5, 0.6) is 0 Å². The smallest absolute Gasteiger partial charge is 0.360 e. The molecule has 1 aromatic rings. The first-order valence-corrected chi connectivity index (χ1v) is 5.66. The zero-order valence-electron chi connectivity index (χ0n) is 9.97. The number of carboxylic acid groups (broad SMARTS) is 1. The Morgan fingerprint density at radius 2 is 2.06 bits per heavy atom. The van der Waals surface area contributed by atoms with Gasteiger partial charge in [0.15, 0.2) is 5.89 Å². The van der Waals surface area contributed by atoms with Gasteiger partial charge >= 0.3 is 5.97 Å². The Bertz CT molecular complexity index is 408. The van der Waals surface area contributed by atoms with Gasteiger partial charge in [0.25, 0.3) is 0 Å². The van der Waals surface area contributed by atoms with Crippen molar-refractivity contribution < 1.29 is 19.1 Å². The van der Waals surface area contributed by atoms with E-state index in [1.807, 2.05) is 18.7 Å². The Hall–Kier alpha value is -1.56. The topological polar surface area (TPSA) is 75.8 Å². The first-order chi connectivity index (χ1) is 8.09. The lowest BCUT2D eigenvalue weighted by atomic mass is 10.2. The van der Waals surface area contributed by atoms with E-state index < -0.39 is 5.97 Å². The molecule has 2 rings (SSSR count). The summed E-state index contributed by atoms with van der Waals surface area (Å²) in [6.07, 6.45) is 0. The fourth-order valence-electron chi connectivity index (χ4n) is 1.70. The number of aromatic carboxylic acids is 1. The van der Waals surface area contributed by atoms with Crippen LogP contribution >= 0.6 is 0 Å². The van der Waals surface area contributed by atoms with Crippen molar-refractivity contribution in [3.8, 4) is 0 Å². The van der Waals surface area contributed by atoms with Crippen molar-refractivity contribution in [1.29, 1.82) is 0 Å². The SMILES string of the molecule is CC(C)c1nc(C(=O)O)c(N2CCOCC2)o1. The van der Waals surface area contributed by atoms with E-state index in [1.54, 1.807) is 0 Å². The Morgan fingerprint density at radius 3 is 2.59 bits per heavy atom. The van der Waals surface area contributed by atoms with Crippen molar-refractivity contribution in [2.75, 3.05) is 31.2 Å². The maximum Gasteiger partial charge on any atom is 0.360 e. The highest BCUT2D eigenvalue weighted by Gasteiger charge is 2.26. The van der Waals surface area contributed by atoms with E-state index >= 15 is 0 Å². The molecule has 1 N–H and O–H groups in total. The number of hydrogen-bond donors (Lipinski definition) is 1. The molecule has 17 heavy (non-hydrogen) atoms. The van der Waals surface area contributed by atoms with E-state index in [0.29, 0.717) is 38.1 Å². The van der Waals surface area contributed by atoms with Crippen LogP contribution in [0.15, 0.2) is 4.42 Å². The summed E-state index contributed by atoms with van der Waals surface area (Å²) in [6.45, 7) is 6.26. The molecule has 0 radical (unpaired) electrons. The van der Waals surface area contributed by atoms with E-state index in [0.717, 1.165) is 0 Å². The van der Waals surface area contributed by atoms with Gasteiger partial charge in [-0.25, -0.2) is 9.78 Å². The molecule has 1 aliphatic heterocycles. The Kier molecular flexibility index (Phi) is 3.33. The van der Waals surface area contributed by atoms with Gasteiger partial charge in [-0.05, 0) is 0 Å². The predicted molar refractivity (Wildman–Crippen MR) is 60.6 cm³/mol. The first kappa shape index (κ1) is 11.9. The number of carbonyl (C=O) groups is 1. The normalized spacial score (nSPS) is 16.5. The number of nitrogens with zero attached hydrogens (tertiary/aromatic N) is 2. The summed E-state index contributed by atoms with van der Waals surface area (Å²) in [6, 6.07) is 0. The van der Waals surface area contributed by atoms with Crippen LogP contribution in [0, 0.1) is 0 Å². The summed E-state index contributed by atoms with van der Waals surface area (Å²) in [5.41, 5.74) is -0.00407. The molecule has 0 bridgehead atoms. The minimum absolute atomic E-state index is 0.00407. The molecule has 0 spiro atoms. The summed E-state index contributed by atoms with van der Waals surface area (Å²) < 4.78 is 10.8. The molecule has 1 fully saturated rings. The standard InChI is InChI=1S/C11H16N2O4/c1-7(2)9-12-8(11(14)15)10(17-9)13-3-5-16-6-4-13/h7H,3-6H2,1-2H3,(H,14,15). The predicted octanol–water partition coefficient (Wildman–Crippen LogP) is 1.33. The van der Waals surface area contributed by atoms with E-state index in [2.05, 4.69) is 4.98 Å². The van der Waals surface area contributed by atoms with E-state index in [1.165, 1.54) is 0 Å². The van der Waals surface area contributed by atoms with Crippen molar-refractivity contribution in [1.82, 2.24) is 4.98 Å². The fraction of sp³-hybridized carbons (Fsp3) is 0.636. The average Bonchev–Trinajstić information content (AvgIpc) is 2.75. The second-order valence-corrected chi connectivity index (χ2v) is 4.27. The zero-order valence-corrected chi connectivity index (χ0v) is 9.97. The van der Waals surface area contributed by atoms with Crippen molar-refractivity contribution in [2.45, 2.75) is 19.8 Å². The summed E-state index contributed by atoms with van der Waals surface area (Å²) in [4.78, 5) is 17.0. The Labute approximate surface area is 99.2 Å². The van der Waals surface area contributed by atoms with Crippen LogP contribution in [0.2, 0.25) is 0 Å². The van der Waals surface area contributed by atoms with Gasteiger partial charge in [0.05, 0.1) is 13.2 Å². The largest absolute Gasteiger partial charge is 0.476 e. The minimum Gasteiger partial charge on any atom is -0.476 e. The van der Waals surface area contributed by atoms with Crippen LogP contribution in [-0.4, -0.2) is 42.4 Å². The quantitative estimate of drug-likeness (QED) is 0.859. The maximum atomic E-state index is 11.1. The lowest BCUT2D eigenvalue weighted by Crippen LogP contribution is -2.36. The van der Waals surface area contributed by atoms with Gasteiger partial charge < -0.3 is 19.2 Å². The molecule has 0 aliphatic carbocycles. The number of oxazole rings is 1. The van der Waals surface area contributed by atoms with Crippen molar-refractivity contribution >= 4 is 11.9 Å². The monoisotopic (exact) mass is 240 g/mol. The zero-order chi connectivity index (χ0) is 12.4. The van der Waals surface area contributed by atoms with Crippen molar-refractivity contribution in [2.24, 2.45) is 0 Å². The van der Waals surface area contributed by atoms with Crippen LogP contribution in [0.4, 0.5) is 5.88 Å². The third-order valence-corrected chi connectivity index (χ3v) is 2.62. The highest BCUT2D eigenvalue weighted by atomic mass is 16.5. The molecule has 0 atom stereocenters. The van der Waals surface area contributed by atoms with Gasteiger partial charge in [-0.1, -0.05) is 13.8 Å².